The highest BCUT2D eigenvalue weighted by atomic mass is 16.5. The molecule has 0 atom stereocenters. The Morgan fingerprint density at radius 2 is 2.13 bits per heavy atom. The Bertz CT molecular complexity index is 344. The normalized spacial score (nSPS) is 10.7. The molecule has 0 aliphatic heterocycles. The van der Waals surface area contributed by atoms with E-state index in [1.54, 1.807) is 11.6 Å². The van der Waals surface area contributed by atoms with Gasteiger partial charge in [-0.05, 0) is 19.8 Å². The first kappa shape index (κ1) is 11.7. The summed E-state index contributed by atoms with van der Waals surface area (Å²) >= 11 is 0. The second-order valence-electron chi connectivity index (χ2n) is 3.51. The number of nitrogens with zero attached hydrogens (tertiary/aromatic N) is 3. The third kappa shape index (κ3) is 2.34. The minimum absolute atomic E-state index is 0.208. The molecule has 0 saturated heterocycles. The number of hydrogen-bond donors (Lipinski definition) is 0. The van der Waals surface area contributed by atoms with Crippen molar-refractivity contribution in [3.8, 4) is 0 Å². The number of ether oxygens (including phenoxy) is 1. The van der Waals surface area contributed by atoms with Crippen molar-refractivity contribution in [3.63, 3.8) is 0 Å². The average molecular weight is 211 g/mol. The van der Waals surface area contributed by atoms with E-state index < -0.39 is 0 Å². The first-order chi connectivity index (χ1) is 7.11. The number of rotatable bonds is 4. The Morgan fingerprint density at radius 3 is 2.60 bits per heavy atom. The number of esters is 1. The third-order valence-electron chi connectivity index (χ3n) is 2.09. The second-order valence-corrected chi connectivity index (χ2v) is 3.51. The van der Waals surface area contributed by atoms with Crippen molar-refractivity contribution in [2.75, 3.05) is 6.61 Å². The maximum atomic E-state index is 11.6. The van der Waals surface area contributed by atoms with E-state index in [-0.39, 0.29) is 11.9 Å². The van der Waals surface area contributed by atoms with Gasteiger partial charge in [-0.1, -0.05) is 19.1 Å². The van der Waals surface area contributed by atoms with Crippen molar-refractivity contribution in [2.45, 2.75) is 40.2 Å². The fraction of sp³-hybridized carbons (Fsp3) is 0.700. The molecule has 0 N–H and O–H groups in total. The lowest BCUT2D eigenvalue weighted by molar-refractivity contribution is 0.0517. The SMILES string of the molecule is CCOC(=O)c1nnn(CC)c1C(C)C. The van der Waals surface area contributed by atoms with Gasteiger partial charge in [0.2, 0.25) is 0 Å². The molecule has 1 aromatic heterocycles. The Balaban J connectivity index is 3.07. The Labute approximate surface area is 89.4 Å². The highest BCUT2D eigenvalue weighted by molar-refractivity contribution is 5.88. The van der Waals surface area contributed by atoms with Crippen molar-refractivity contribution in [2.24, 2.45) is 0 Å². The highest BCUT2D eigenvalue weighted by Gasteiger charge is 2.22. The number of carbonyl (C=O) groups is 1. The summed E-state index contributed by atoms with van der Waals surface area (Å²) in [4.78, 5) is 11.6. The summed E-state index contributed by atoms with van der Waals surface area (Å²) in [6.45, 7) is 8.82. The molecule has 0 radical (unpaired) electrons. The van der Waals surface area contributed by atoms with Crippen LogP contribution in [0, 0.1) is 0 Å². The van der Waals surface area contributed by atoms with E-state index in [1.807, 2.05) is 20.8 Å². The van der Waals surface area contributed by atoms with E-state index >= 15 is 0 Å². The number of aryl methyl sites for hydroxylation is 1. The smallest absolute Gasteiger partial charge is 0.360 e. The number of hydrogen-bond acceptors (Lipinski definition) is 4. The highest BCUT2D eigenvalue weighted by Crippen LogP contribution is 2.18. The molecule has 84 valence electrons. The summed E-state index contributed by atoms with van der Waals surface area (Å²) in [5, 5.41) is 7.79. The average Bonchev–Trinajstić information content (AvgIpc) is 2.61. The molecule has 1 aromatic rings. The molecule has 1 heterocycles. The molecular formula is C10H17N3O2. The molecule has 0 aliphatic rings. The summed E-state index contributed by atoms with van der Waals surface area (Å²) in [6, 6.07) is 0. The van der Waals surface area contributed by atoms with E-state index in [0.717, 1.165) is 5.69 Å². The number of carbonyl (C=O) groups excluding carboxylic acids is 1. The summed E-state index contributed by atoms with van der Waals surface area (Å²) in [6.07, 6.45) is 0. The van der Waals surface area contributed by atoms with Gasteiger partial charge >= 0.3 is 5.97 Å². The minimum Gasteiger partial charge on any atom is -0.461 e. The fourth-order valence-electron chi connectivity index (χ4n) is 1.47. The van der Waals surface area contributed by atoms with Crippen LogP contribution >= 0.6 is 0 Å². The summed E-state index contributed by atoms with van der Waals surface area (Å²) in [5.74, 6) is -0.180. The van der Waals surface area contributed by atoms with Gasteiger partial charge in [-0.15, -0.1) is 5.10 Å². The monoisotopic (exact) mass is 211 g/mol. The van der Waals surface area contributed by atoms with E-state index in [4.69, 9.17) is 4.74 Å². The zero-order chi connectivity index (χ0) is 11.4. The first-order valence-corrected chi connectivity index (χ1v) is 5.22. The summed E-state index contributed by atoms with van der Waals surface area (Å²) in [7, 11) is 0. The molecule has 0 spiro atoms. The largest absolute Gasteiger partial charge is 0.461 e. The van der Waals surface area contributed by atoms with Crippen LogP contribution in [0.5, 0.6) is 0 Å². The van der Waals surface area contributed by atoms with Crippen molar-refractivity contribution in [1.82, 2.24) is 15.0 Å². The van der Waals surface area contributed by atoms with E-state index in [1.165, 1.54) is 0 Å². The van der Waals surface area contributed by atoms with Crippen LogP contribution in [0.3, 0.4) is 0 Å². The van der Waals surface area contributed by atoms with Gasteiger partial charge in [-0.3, -0.25) is 0 Å². The van der Waals surface area contributed by atoms with Gasteiger partial charge in [-0.2, -0.15) is 0 Å². The summed E-state index contributed by atoms with van der Waals surface area (Å²) < 4.78 is 6.65. The Kier molecular flexibility index (Phi) is 3.82. The Hall–Kier alpha value is -1.39. The van der Waals surface area contributed by atoms with Crippen molar-refractivity contribution in [1.29, 1.82) is 0 Å². The van der Waals surface area contributed by atoms with Gasteiger partial charge in [0.05, 0.1) is 12.3 Å². The zero-order valence-corrected chi connectivity index (χ0v) is 9.65. The zero-order valence-electron chi connectivity index (χ0n) is 9.65. The van der Waals surface area contributed by atoms with Crippen LogP contribution in [-0.4, -0.2) is 27.6 Å². The van der Waals surface area contributed by atoms with Crippen molar-refractivity contribution in [3.05, 3.63) is 11.4 Å². The lowest BCUT2D eigenvalue weighted by Crippen LogP contribution is -2.11. The van der Waals surface area contributed by atoms with Crippen LogP contribution in [0.1, 0.15) is 49.8 Å². The molecule has 5 heteroatoms. The molecule has 0 fully saturated rings. The molecule has 0 bridgehead atoms. The lowest BCUT2D eigenvalue weighted by Gasteiger charge is -2.08. The van der Waals surface area contributed by atoms with Crippen LogP contribution in [-0.2, 0) is 11.3 Å². The Morgan fingerprint density at radius 1 is 1.47 bits per heavy atom. The molecule has 0 aliphatic carbocycles. The van der Waals surface area contributed by atoms with Crippen LogP contribution in [0.2, 0.25) is 0 Å². The number of aromatic nitrogens is 3. The predicted octanol–water partition coefficient (Wildman–Crippen LogP) is 1.60. The van der Waals surface area contributed by atoms with Crippen LogP contribution in [0.15, 0.2) is 0 Å². The van der Waals surface area contributed by atoms with Gasteiger partial charge in [-0.25, -0.2) is 9.48 Å². The van der Waals surface area contributed by atoms with Gasteiger partial charge < -0.3 is 4.74 Å². The van der Waals surface area contributed by atoms with Crippen molar-refractivity contribution < 1.29 is 9.53 Å². The van der Waals surface area contributed by atoms with Gasteiger partial charge in [0, 0.05) is 6.54 Å². The molecule has 0 unspecified atom stereocenters. The van der Waals surface area contributed by atoms with E-state index in [9.17, 15) is 4.79 Å². The molecule has 15 heavy (non-hydrogen) atoms. The molecule has 1 rings (SSSR count). The minimum atomic E-state index is -0.388. The third-order valence-corrected chi connectivity index (χ3v) is 2.09. The van der Waals surface area contributed by atoms with Crippen molar-refractivity contribution >= 4 is 5.97 Å². The van der Waals surface area contributed by atoms with Gasteiger partial charge in [0.15, 0.2) is 5.69 Å². The molecular weight excluding hydrogens is 194 g/mol. The quantitative estimate of drug-likeness (QED) is 0.710. The van der Waals surface area contributed by atoms with Gasteiger partial charge in [0.1, 0.15) is 0 Å². The topological polar surface area (TPSA) is 57.0 Å². The standard InChI is InChI=1S/C10H17N3O2/c1-5-13-9(7(3)4)8(11-12-13)10(14)15-6-2/h7H,5-6H2,1-4H3. The van der Waals surface area contributed by atoms with Crippen LogP contribution < -0.4 is 0 Å². The van der Waals surface area contributed by atoms with Crippen LogP contribution in [0.4, 0.5) is 0 Å². The predicted molar refractivity (Wildman–Crippen MR) is 55.7 cm³/mol. The maximum absolute atomic E-state index is 11.6. The van der Waals surface area contributed by atoms with E-state index in [0.29, 0.717) is 18.8 Å². The van der Waals surface area contributed by atoms with E-state index in [2.05, 4.69) is 10.3 Å². The lowest BCUT2D eigenvalue weighted by atomic mass is 10.1. The molecule has 0 saturated carbocycles. The second kappa shape index (κ2) is 4.91. The maximum Gasteiger partial charge on any atom is 0.360 e. The molecule has 0 amide bonds. The van der Waals surface area contributed by atoms with Gasteiger partial charge in [0.25, 0.3) is 0 Å². The first-order valence-electron chi connectivity index (χ1n) is 5.22. The van der Waals surface area contributed by atoms with Crippen LogP contribution in [0.25, 0.3) is 0 Å². The fourth-order valence-corrected chi connectivity index (χ4v) is 1.47. The molecule has 5 nitrogen and oxygen atoms in total. The molecule has 0 aromatic carbocycles. The summed E-state index contributed by atoms with van der Waals surface area (Å²) in [5.41, 5.74) is 1.18.